The van der Waals surface area contributed by atoms with Crippen LogP contribution in [0.15, 0.2) is 47.1 Å². The number of pyridine rings is 1. The molecule has 3 rings (SSSR count). The summed E-state index contributed by atoms with van der Waals surface area (Å²) in [4.78, 5) is 8.76. The van der Waals surface area contributed by atoms with Crippen LogP contribution in [0.1, 0.15) is 18.9 Å². The Labute approximate surface area is 140 Å². The van der Waals surface area contributed by atoms with Gasteiger partial charge in [0, 0.05) is 18.3 Å². The lowest BCUT2D eigenvalue weighted by atomic mass is 10.1. The topological polar surface area (TPSA) is 84.1 Å². The zero-order valence-corrected chi connectivity index (χ0v) is 13.7. The van der Waals surface area contributed by atoms with Crippen molar-refractivity contribution in [2.24, 2.45) is 0 Å². The first-order valence-corrected chi connectivity index (χ1v) is 7.95. The number of aliphatic hydroxyl groups excluding tert-OH is 1. The second-order valence-electron chi connectivity index (χ2n) is 5.61. The fraction of sp³-hybridized carbons (Fsp3) is 0.278. The second-order valence-corrected chi connectivity index (χ2v) is 5.61. The van der Waals surface area contributed by atoms with Crippen LogP contribution in [0.3, 0.4) is 0 Å². The number of aromatic nitrogens is 3. The van der Waals surface area contributed by atoms with Crippen molar-refractivity contribution >= 4 is 5.82 Å². The van der Waals surface area contributed by atoms with Gasteiger partial charge in [0.25, 0.3) is 5.89 Å². The molecule has 1 unspecified atom stereocenters. The number of aliphatic hydroxyl groups is 1. The summed E-state index contributed by atoms with van der Waals surface area (Å²) < 4.78 is 5.35. The van der Waals surface area contributed by atoms with E-state index in [9.17, 15) is 5.11 Å². The van der Waals surface area contributed by atoms with E-state index in [1.807, 2.05) is 50.2 Å². The van der Waals surface area contributed by atoms with Gasteiger partial charge in [-0.1, -0.05) is 36.3 Å². The zero-order chi connectivity index (χ0) is 16.9. The largest absolute Gasteiger partial charge is 0.391 e. The Morgan fingerprint density at radius 3 is 2.75 bits per heavy atom. The summed E-state index contributed by atoms with van der Waals surface area (Å²) in [5.41, 5.74) is 2.80. The number of aryl methyl sites for hydroxylation is 1. The van der Waals surface area contributed by atoms with Gasteiger partial charge in [-0.25, -0.2) is 4.98 Å². The van der Waals surface area contributed by atoms with E-state index in [2.05, 4.69) is 20.4 Å². The number of hydrogen-bond acceptors (Lipinski definition) is 6. The smallest absolute Gasteiger partial charge is 0.259 e. The van der Waals surface area contributed by atoms with Crippen LogP contribution in [0.25, 0.3) is 22.8 Å². The molecule has 0 saturated carbocycles. The number of benzene rings is 1. The van der Waals surface area contributed by atoms with Gasteiger partial charge in [0.15, 0.2) is 0 Å². The van der Waals surface area contributed by atoms with E-state index in [4.69, 9.17) is 4.52 Å². The summed E-state index contributed by atoms with van der Waals surface area (Å²) in [6, 6.07) is 11.6. The predicted octanol–water partition coefficient (Wildman–Crippen LogP) is 3.29. The van der Waals surface area contributed by atoms with Crippen molar-refractivity contribution in [1.82, 2.24) is 15.1 Å². The Morgan fingerprint density at radius 2 is 2.04 bits per heavy atom. The molecule has 0 spiro atoms. The molecule has 2 aromatic heterocycles. The number of nitrogens with zero attached hydrogens (tertiary/aromatic N) is 3. The molecule has 2 N–H and O–H groups in total. The third-order valence-electron chi connectivity index (χ3n) is 3.81. The Bertz CT molecular complexity index is 799. The Kier molecular flexibility index (Phi) is 4.86. The quantitative estimate of drug-likeness (QED) is 0.724. The van der Waals surface area contributed by atoms with E-state index < -0.39 is 0 Å². The summed E-state index contributed by atoms with van der Waals surface area (Å²) in [6.07, 6.45) is 2.00. The second kappa shape index (κ2) is 7.23. The molecule has 1 aromatic carbocycles. The van der Waals surface area contributed by atoms with Crippen LogP contribution in [0.5, 0.6) is 0 Å². The van der Waals surface area contributed by atoms with E-state index in [1.54, 1.807) is 6.20 Å². The maximum Gasteiger partial charge on any atom is 0.259 e. The van der Waals surface area contributed by atoms with Gasteiger partial charge in [0.2, 0.25) is 5.82 Å². The zero-order valence-electron chi connectivity index (χ0n) is 13.7. The van der Waals surface area contributed by atoms with Crippen LogP contribution in [0, 0.1) is 6.92 Å². The van der Waals surface area contributed by atoms with E-state index in [1.165, 1.54) is 0 Å². The average molecular weight is 324 g/mol. The van der Waals surface area contributed by atoms with Crippen LogP contribution in [-0.2, 0) is 0 Å². The highest BCUT2D eigenvalue weighted by Crippen LogP contribution is 2.24. The first-order valence-electron chi connectivity index (χ1n) is 7.95. The highest BCUT2D eigenvalue weighted by Gasteiger charge is 2.12. The maximum atomic E-state index is 9.56. The molecule has 1 atom stereocenters. The highest BCUT2D eigenvalue weighted by atomic mass is 16.5. The van der Waals surface area contributed by atoms with Crippen molar-refractivity contribution < 1.29 is 9.63 Å². The molecule has 124 valence electrons. The first kappa shape index (κ1) is 16.1. The van der Waals surface area contributed by atoms with Gasteiger partial charge in [-0.2, -0.15) is 4.98 Å². The van der Waals surface area contributed by atoms with Gasteiger partial charge in [-0.3, -0.25) is 0 Å². The predicted molar refractivity (Wildman–Crippen MR) is 92.5 cm³/mol. The van der Waals surface area contributed by atoms with Gasteiger partial charge >= 0.3 is 0 Å². The van der Waals surface area contributed by atoms with Gasteiger partial charge in [0.1, 0.15) is 5.82 Å². The summed E-state index contributed by atoms with van der Waals surface area (Å²) in [7, 11) is 0. The molecule has 0 bridgehead atoms. The molecule has 0 radical (unpaired) electrons. The molecule has 24 heavy (non-hydrogen) atoms. The Hall–Kier alpha value is -2.73. The van der Waals surface area contributed by atoms with Gasteiger partial charge in [-0.15, -0.1) is 0 Å². The minimum atomic E-state index is -0.376. The molecule has 0 amide bonds. The summed E-state index contributed by atoms with van der Waals surface area (Å²) in [5.74, 6) is 1.70. The minimum absolute atomic E-state index is 0.376. The molecule has 2 heterocycles. The van der Waals surface area contributed by atoms with Crippen LogP contribution in [-0.4, -0.2) is 32.9 Å². The lowest BCUT2D eigenvalue weighted by Gasteiger charge is -2.09. The first-order chi connectivity index (χ1) is 11.7. The van der Waals surface area contributed by atoms with Crippen molar-refractivity contribution in [3.05, 3.63) is 48.2 Å². The van der Waals surface area contributed by atoms with Crippen molar-refractivity contribution in [2.75, 3.05) is 11.9 Å². The molecule has 0 aliphatic carbocycles. The molecular formula is C18H20N4O2. The maximum absolute atomic E-state index is 9.56. The summed E-state index contributed by atoms with van der Waals surface area (Å²) in [6.45, 7) is 4.42. The monoisotopic (exact) mass is 324 g/mol. The normalized spacial score (nSPS) is 12.1. The standard InChI is InChI=1S/C18H20N4O2/c1-3-14(23)11-20-16-9-8-13(10-19-16)18-21-17(22-24-18)15-7-5-4-6-12(15)2/h4-10,14,23H,3,11H2,1-2H3,(H,19,20). The minimum Gasteiger partial charge on any atom is -0.391 e. The average Bonchev–Trinajstić information content (AvgIpc) is 3.10. The SMILES string of the molecule is CCC(O)CNc1ccc(-c2nc(-c3ccccc3C)no2)cn1. The van der Waals surface area contributed by atoms with E-state index in [0.717, 1.165) is 16.7 Å². The van der Waals surface area contributed by atoms with Gasteiger partial charge in [0.05, 0.1) is 11.7 Å². The lowest BCUT2D eigenvalue weighted by molar-refractivity contribution is 0.183. The molecule has 6 heteroatoms. The van der Waals surface area contributed by atoms with Crippen LogP contribution in [0.4, 0.5) is 5.82 Å². The molecule has 0 aliphatic heterocycles. The number of nitrogens with one attached hydrogen (secondary N) is 1. The highest BCUT2D eigenvalue weighted by molar-refractivity contribution is 5.62. The molecular weight excluding hydrogens is 304 g/mol. The number of rotatable bonds is 6. The number of hydrogen-bond donors (Lipinski definition) is 2. The third-order valence-corrected chi connectivity index (χ3v) is 3.81. The van der Waals surface area contributed by atoms with Gasteiger partial charge < -0.3 is 14.9 Å². The van der Waals surface area contributed by atoms with Crippen molar-refractivity contribution in [3.63, 3.8) is 0 Å². The van der Waals surface area contributed by atoms with E-state index in [0.29, 0.717) is 30.5 Å². The summed E-state index contributed by atoms with van der Waals surface area (Å²) >= 11 is 0. The summed E-state index contributed by atoms with van der Waals surface area (Å²) in [5, 5.41) is 16.7. The van der Waals surface area contributed by atoms with Crippen molar-refractivity contribution in [2.45, 2.75) is 26.4 Å². The fourth-order valence-electron chi connectivity index (χ4n) is 2.27. The molecule has 3 aromatic rings. The third kappa shape index (κ3) is 3.60. The van der Waals surface area contributed by atoms with Crippen LogP contribution >= 0.6 is 0 Å². The van der Waals surface area contributed by atoms with Gasteiger partial charge in [-0.05, 0) is 31.0 Å². The molecule has 0 fully saturated rings. The molecule has 0 aliphatic rings. The van der Waals surface area contributed by atoms with Crippen molar-refractivity contribution in [1.29, 1.82) is 0 Å². The van der Waals surface area contributed by atoms with Crippen molar-refractivity contribution in [3.8, 4) is 22.8 Å². The van der Waals surface area contributed by atoms with Crippen LogP contribution < -0.4 is 5.32 Å². The van der Waals surface area contributed by atoms with E-state index >= 15 is 0 Å². The molecule has 0 saturated heterocycles. The van der Waals surface area contributed by atoms with E-state index in [-0.39, 0.29) is 6.10 Å². The van der Waals surface area contributed by atoms with Crippen LogP contribution in [0.2, 0.25) is 0 Å². The molecule has 6 nitrogen and oxygen atoms in total. The Morgan fingerprint density at radius 1 is 1.21 bits per heavy atom. The fourth-order valence-corrected chi connectivity index (χ4v) is 2.27. The lowest BCUT2D eigenvalue weighted by Crippen LogP contribution is -2.18. The number of anilines is 1. The Balaban J connectivity index is 1.75.